The predicted octanol–water partition coefficient (Wildman–Crippen LogP) is 0.196. The summed E-state index contributed by atoms with van der Waals surface area (Å²) in [6.07, 6.45) is 1.76. The molecule has 2 unspecified atom stereocenters. The molecular formula is C11H20N2O3. The lowest BCUT2D eigenvalue weighted by molar-refractivity contribution is -0.143. The van der Waals surface area contributed by atoms with E-state index in [4.69, 9.17) is 4.74 Å². The van der Waals surface area contributed by atoms with Gasteiger partial charge in [0.15, 0.2) is 0 Å². The second kappa shape index (κ2) is 6.48. The minimum absolute atomic E-state index is 0.0825. The number of hydrogen-bond acceptors (Lipinski definition) is 4. The Kier molecular flexibility index (Phi) is 5.25. The van der Waals surface area contributed by atoms with Crippen molar-refractivity contribution < 1.29 is 14.3 Å². The fourth-order valence-corrected chi connectivity index (χ4v) is 1.81. The van der Waals surface area contributed by atoms with Crippen LogP contribution in [-0.4, -0.2) is 37.1 Å². The fraction of sp³-hybridized carbons (Fsp3) is 0.818. The quantitative estimate of drug-likeness (QED) is 0.659. The predicted molar refractivity (Wildman–Crippen MR) is 59.9 cm³/mol. The highest BCUT2D eigenvalue weighted by Crippen LogP contribution is 2.05. The van der Waals surface area contributed by atoms with Crippen LogP contribution in [0.2, 0.25) is 0 Å². The Morgan fingerprint density at radius 2 is 2.44 bits per heavy atom. The molecule has 2 atom stereocenters. The Balaban J connectivity index is 2.20. The molecule has 0 saturated carbocycles. The second-order valence-corrected chi connectivity index (χ2v) is 4.12. The van der Waals surface area contributed by atoms with Crippen LogP contribution < -0.4 is 10.6 Å². The zero-order chi connectivity index (χ0) is 12.0. The number of carbonyl (C=O) groups is 2. The summed E-state index contributed by atoms with van der Waals surface area (Å²) in [6.45, 7) is 4.82. The van der Waals surface area contributed by atoms with E-state index in [1.54, 1.807) is 6.92 Å². The minimum Gasteiger partial charge on any atom is -0.466 e. The number of rotatable bonds is 5. The first-order chi connectivity index (χ1) is 7.61. The van der Waals surface area contributed by atoms with Gasteiger partial charge in [-0.3, -0.25) is 9.59 Å². The molecule has 1 saturated heterocycles. The van der Waals surface area contributed by atoms with Gasteiger partial charge >= 0.3 is 5.97 Å². The number of nitrogens with one attached hydrogen (secondary N) is 2. The zero-order valence-electron chi connectivity index (χ0n) is 9.91. The molecule has 0 aromatic heterocycles. The van der Waals surface area contributed by atoms with Crippen LogP contribution in [0.5, 0.6) is 0 Å². The van der Waals surface area contributed by atoms with E-state index in [9.17, 15) is 9.59 Å². The maximum absolute atomic E-state index is 11.2. The van der Waals surface area contributed by atoms with Gasteiger partial charge in [0, 0.05) is 25.0 Å². The minimum atomic E-state index is -0.178. The van der Waals surface area contributed by atoms with Gasteiger partial charge in [-0.05, 0) is 20.3 Å². The van der Waals surface area contributed by atoms with E-state index in [2.05, 4.69) is 10.6 Å². The standard InChI is InChI=1S/C11H20N2O3/c1-3-16-11(15)6-8(2)13-9-4-5-10(14)12-7-9/h8-9,13H,3-7H2,1-2H3,(H,12,14). The van der Waals surface area contributed by atoms with Gasteiger partial charge in [-0.1, -0.05) is 0 Å². The molecule has 0 aromatic rings. The van der Waals surface area contributed by atoms with Crippen LogP contribution in [0.4, 0.5) is 0 Å². The maximum atomic E-state index is 11.2. The highest BCUT2D eigenvalue weighted by atomic mass is 16.5. The number of piperidine rings is 1. The van der Waals surface area contributed by atoms with Crippen molar-refractivity contribution in [2.45, 2.75) is 45.2 Å². The summed E-state index contributed by atoms with van der Waals surface area (Å²) < 4.78 is 4.87. The van der Waals surface area contributed by atoms with Crippen LogP contribution >= 0.6 is 0 Å². The van der Waals surface area contributed by atoms with Gasteiger partial charge in [0.05, 0.1) is 13.0 Å². The summed E-state index contributed by atoms with van der Waals surface area (Å²) in [7, 11) is 0. The van der Waals surface area contributed by atoms with Gasteiger partial charge in [0.2, 0.25) is 5.91 Å². The lowest BCUT2D eigenvalue weighted by atomic mass is 10.1. The van der Waals surface area contributed by atoms with Gasteiger partial charge in [-0.15, -0.1) is 0 Å². The Hall–Kier alpha value is -1.10. The lowest BCUT2D eigenvalue weighted by Crippen LogP contribution is -2.48. The third kappa shape index (κ3) is 4.61. The van der Waals surface area contributed by atoms with Gasteiger partial charge < -0.3 is 15.4 Å². The molecular weight excluding hydrogens is 208 g/mol. The first kappa shape index (κ1) is 13.0. The molecule has 1 heterocycles. The van der Waals surface area contributed by atoms with E-state index in [1.165, 1.54) is 0 Å². The van der Waals surface area contributed by atoms with Gasteiger partial charge in [0.1, 0.15) is 0 Å². The number of ether oxygens (including phenoxy) is 1. The summed E-state index contributed by atoms with van der Waals surface area (Å²) in [5.41, 5.74) is 0. The molecule has 0 aliphatic carbocycles. The molecule has 92 valence electrons. The van der Waals surface area contributed by atoms with Crippen molar-refractivity contribution in [1.29, 1.82) is 0 Å². The molecule has 1 amide bonds. The van der Waals surface area contributed by atoms with Gasteiger partial charge in [0.25, 0.3) is 0 Å². The highest BCUT2D eigenvalue weighted by molar-refractivity contribution is 5.76. The zero-order valence-corrected chi connectivity index (χ0v) is 9.91. The molecule has 1 rings (SSSR count). The van der Waals surface area contributed by atoms with E-state index in [1.807, 2.05) is 6.92 Å². The van der Waals surface area contributed by atoms with Crippen LogP contribution in [0.25, 0.3) is 0 Å². The van der Waals surface area contributed by atoms with Crippen LogP contribution in [0.3, 0.4) is 0 Å². The molecule has 0 aromatic carbocycles. The first-order valence-electron chi connectivity index (χ1n) is 5.80. The summed E-state index contributed by atoms with van der Waals surface area (Å²) in [5, 5.41) is 6.11. The molecule has 16 heavy (non-hydrogen) atoms. The summed E-state index contributed by atoms with van der Waals surface area (Å²) in [5.74, 6) is -0.0709. The fourth-order valence-electron chi connectivity index (χ4n) is 1.81. The Morgan fingerprint density at radius 3 is 3.00 bits per heavy atom. The molecule has 0 bridgehead atoms. The van der Waals surface area contributed by atoms with Gasteiger partial charge in [-0.2, -0.15) is 0 Å². The molecule has 0 radical (unpaired) electrons. The molecule has 1 aliphatic heterocycles. The van der Waals surface area contributed by atoms with Crippen molar-refractivity contribution in [3.05, 3.63) is 0 Å². The highest BCUT2D eigenvalue weighted by Gasteiger charge is 2.20. The van der Waals surface area contributed by atoms with E-state index in [0.717, 1.165) is 6.42 Å². The van der Waals surface area contributed by atoms with Crippen molar-refractivity contribution in [2.75, 3.05) is 13.2 Å². The first-order valence-corrected chi connectivity index (χ1v) is 5.80. The van der Waals surface area contributed by atoms with E-state index in [0.29, 0.717) is 26.0 Å². The van der Waals surface area contributed by atoms with Crippen molar-refractivity contribution in [2.24, 2.45) is 0 Å². The van der Waals surface area contributed by atoms with Crippen LogP contribution in [-0.2, 0) is 14.3 Å². The van der Waals surface area contributed by atoms with E-state index < -0.39 is 0 Å². The van der Waals surface area contributed by atoms with Crippen molar-refractivity contribution in [3.63, 3.8) is 0 Å². The Labute approximate surface area is 95.9 Å². The smallest absolute Gasteiger partial charge is 0.307 e. The molecule has 5 nitrogen and oxygen atoms in total. The Bertz CT molecular complexity index is 246. The number of hydrogen-bond donors (Lipinski definition) is 2. The van der Waals surface area contributed by atoms with Gasteiger partial charge in [-0.25, -0.2) is 0 Å². The average Bonchev–Trinajstić information content (AvgIpc) is 2.21. The molecule has 0 spiro atoms. The molecule has 5 heteroatoms. The monoisotopic (exact) mass is 228 g/mol. The van der Waals surface area contributed by atoms with Crippen molar-refractivity contribution in [3.8, 4) is 0 Å². The number of esters is 1. The van der Waals surface area contributed by atoms with Crippen molar-refractivity contribution in [1.82, 2.24) is 10.6 Å². The van der Waals surface area contributed by atoms with Crippen LogP contribution in [0.1, 0.15) is 33.1 Å². The molecule has 1 aliphatic rings. The summed E-state index contributed by atoms with van der Waals surface area (Å²) >= 11 is 0. The lowest BCUT2D eigenvalue weighted by Gasteiger charge is -2.26. The third-order valence-electron chi connectivity index (χ3n) is 2.56. The largest absolute Gasteiger partial charge is 0.466 e. The maximum Gasteiger partial charge on any atom is 0.307 e. The summed E-state index contributed by atoms with van der Waals surface area (Å²) in [4.78, 5) is 22.2. The average molecular weight is 228 g/mol. The number of amides is 1. The molecule has 1 fully saturated rings. The normalized spacial score (nSPS) is 22.4. The van der Waals surface area contributed by atoms with Crippen LogP contribution in [0.15, 0.2) is 0 Å². The SMILES string of the molecule is CCOC(=O)CC(C)NC1CCC(=O)NC1. The van der Waals surface area contributed by atoms with Crippen LogP contribution in [0, 0.1) is 0 Å². The third-order valence-corrected chi connectivity index (χ3v) is 2.56. The number of carbonyl (C=O) groups excluding carboxylic acids is 2. The van der Waals surface area contributed by atoms with E-state index in [-0.39, 0.29) is 24.0 Å². The summed E-state index contributed by atoms with van der Waals surface area (Å²) in [6, 6.07) is 0.348. The van der Waals surface area contributed by atoms with Crippen molar-refractivity contribution >= 4 is 11.9 Å². The second-order valence-electron chi connectivity index (χ2n) is 4.12. The van der Waals surface area contributed by atoms with E-state index >= 15 is 0 Å². The Morgan fingerprint density at radius 1 is 1.69 bits per heavy atom. The topological polar surface area (TPSA) is 67.4 Å². The molecule has 2 N–H and O–H groups in total.